The predicted molar refractivity (Wildman–Crippen MR) is 94.5 cm³/mol. The molecule has 1 aliphatic heterocycles. The molecule has 3 rings (SSSR count). The first-order valence-corrected chi connectivity index (χ1v) is 7.60. The number of aromatic nitrogens is 1. The lowest BCUT2D eigenvalue weighted by Gasteiger charge is -2.21. The van der Waals surface area contributed by atoms with E-state index >= 15 is 0 Å². The van der Waals surface area contributed by atoms with Gasteiger partial charge in [0.25, 0.3) is 0 Å². The minimum absolute atomic E-state index is 0. The Kier molecular flexibility index (Phi) is 7.94. The average Bonchev–Trinajstić information content (AvgIpc) is 2.92. The number of aryl methyl sites for hydroxylation is 1. The molecule has 0 aliphatic carbocycles. The summed E-state index contributed by atoms with van der Waals surface area (Å²) in [5.41, 5.74) is 2.41. The minimum atomic E-state index is 0. The number of oxazole rings is 1. The monoisotopic (exact) mass is 342 g/mol. The Morgan fingerprint density at radius 3 is 2.45 bits per heavy atom. The number of nitrogens with zero attached hydrogens (tertiary/aromatic N) is 1. The Balaban J connectivity index is 0.00000121. The molecule has 0 unspecified atom stereocenters. The van der Waals surface area contributed by atoms with E-state index in [4.69, 9.17) is 9.40 Å². The predicted octanol–water partition coefficient (Wildman–Crippen LogP) is 4.14. The second kappa shape index (κ2) is 9.19. The van der Waals surface area contributed by atoms with Gasteiger partial charge in [0.2, 0.25) is 0 Å². The third-order valence-electron chi connectivity index (χ3n) is 4.01. The van der Waals surface area contributed by atoms with Crippen LogP contribution >= 0.6 is 24.8 Å². The van der Waals surface area contributed by atoms with Crippen molar-refractivity contribution in [2.75, 3.05) is 13.1 Å². The van der Waals surface area contributed by atoms with Crippen LogP contribution in [0.5, 0.6) is 0 Å². The molecule has 0 radical (unpaired) electrons. The summed E-state index contributed by atoms with van der Waals surface area (Å²) in [5.74, 6) is 2.55. The van der Waals surface area contributed by atoms with Crippen LogP contribution in [-0.2, 0) is 12.8 Å². The van der Waals surface area contributed by atoms with E-state index in [1.807, 2.05) is 6.07 Å². The van der Waals surface area contributed by atoms with E-state index in [1.165, 1.54) is 5.56 Å². The van der Waals surface area contributed by atoms with Crippen molar-refractivity contribution in [3.05, 3.63) is 53.2 Å². The zero-order valence-corrected chi connectivity index (χ0v) is 14.5. The number of hydrogen-bond acceptors (Lipinski definition) is 3. The minimum Gasteiger partial charge on any atom is -0.445 e. The largest absolute Gasteiger partial charge is 0.445 e. The number of hydrogen-bond donors (Lipinski definition) is 1. The van der Waals surface area contributed by atoms with Crippen LogP contribution in [0.2, 0.25) is 0 Å². The first-order valence-electron chi connectivity index (χ1n) is 7.60. The zero-order valence-electron chi connectivity index (χ0n) is 12.9. The molecule has 1 fully saturated rings. The molecule has 3 nitrogen and oxygen atoms in total. The maximum atomic E-state index is 6.11. The molecule has 1 aliphatic rings. The molecular weight excluding hydrogens is 319 g/mol. The molecule has 22 heavy (non-hydrogen) atoms. The van der Waals surface area contributed by atoms with Gasteiger partial charge in [-0.3, -0.25) is 0 Å². The number of nitrogens with one attached hydrogen (secondary N) is 1. The second-order valence-corrected chi connectivity index (χ2v) is 5.46. The van der Waals surface area contributed by atoms with Gasteiger partial charge in [0, 0.05) is 12.3 Å². The summed E-state index contributed by atoms with van der Waals surface area (Å²) in [4.78, 5) is 4.71. The fourth-order valence-electron chi connectivity index (χ4n) is 2.92. The lowest BCUT2D eigenvalue weighted by molar-refractivity contribution is 0.370. The summed E-state index contributed by atoms with van der Waals surface area (Å²) in [6, 6.07) is 10.4. The van der Waals surface area contributed by atoms with Gasteiger partial charge in [-0.05, 0) is 37.9 Å². The molecule has 5 heteroatoms. The number of piperidine rings is 1. The highest BCUT2D eigenvalue weighted by atomic mass is 35.5. The van der Waals surface area contributed by atoms with Crippen molar-refractivity contribution in [2.45, 2.75) is 38.5 Å². The van der Waals surface area contributed by atoms with E-state index in [0.717, 1.165) is 56.1 Å². The molecule has 122 valence electrons. The first-order chi connectivity index (χ1) is 9.86. The van der Waals surface area contributed by atoms with Crippen molar-refractivity contribution in [1.29, 1.82) is 0 Å². The smallest absolute Gasteiger partial charge is 0.199 e. The van der Waals surface area contributed by atoms with E-state index in [0.29, 0.717) is 5.92 Å². The molecule has 0 saturated carbocycles. The van der Waals surface area contributed by atoms with Gasteiger partial charge in [0.05, 0.1) is 5.69 Å². The quantitative estimate of drug-likeness (QED) is 0.907. The molecule has 1 saturated heterocycles. The molecule has 0 atom stereocenters. The van der Waals surface area contributed by atoms with Gasteiger partial charge in [-0.2, -0.15) is 0 Å². The summed E-state index contributed by atoms with van der Waals surface area (Å²) >= 11 is 0. The highest BCUT2D eigenvalue weighted by Gasteiger charge is 2.23. The van der Waals surface area contributed by atoms with Crippen LogP contribution in [-0.4, -0.2) is 18.1 Å². The standard InChI is InChI=1S/C17H22N2O.2ClH/c1-2-15-17(14-8-10-18-11-9-14)20-16(19-15)12-13-6-4-3-5-7-13;;/h3-7,14,18H,2,8-12H2,1H3;2*1H. The topological polar surface area (TPSA) is 38.1 Å². The molecule has 1 aromatic carbocycles. The molecule has 0 spiro atoms. The highest BCUT2D eigenvalue weighted by Crippen LogP contribution is 2.29. The maximum Gasteiger partial charge on any atom is 0.199 e. The van der Waals surface area contributed by atoms with Crippen LogP contribution in [0.1, 0.15) is 48.6 Å². The van der Waals surface area contributed by atoms with Crippen molar-refractivity contribution in [1.82, 2.24) is 10.3 Å². The van der Waals surface area contributed by atoms with Gasteiger partial charge in [0.15, 0.2) is 5.89 Å². The fourth-order valence-corrected chi connectivity index (χ4v) is 2.92. The van der Waals surface area contributed by atoms with Crippen molar-refractivity contribution >= 4 is 24.8 Å². The molecule has 2 aromatic rings. The van der Waals surface area contributed by atoms with Crippen LogP contribution < -0.4 is 5.32 Å². The zero-order chi connectivity index (χ0) is 13.8. The fraction of sp³-hybridized carbons (Fsp3) is 0.471. The van der Waals surface area contributed by atoms with Crippen LogP contribution in [0.4, 0.5) is 0 Å². The summed E-state index contributed by atoms with van der Waals surface area (Å²) in [5, 5.41) is 3.41. The van der Waals surface area contributed by atoms with Crippen molar-refractivity contribution in [2.24, 2.45) is 0 Å². The lowest BCUT2D eigenvalue weighted by atomic mass is 9.94. The Morgan fingerprint density at radius 1 is 1.14 bits per heavy atom. The van der Waals surface area contributed by atoms with E-state index in [9.17, 15) is 0 Å². The lowest BCUT2D eigenvalue weighted by Crippen LogP contribution is -2.26. The first kappa shape index (κ1) is 19.0. The molecule has 2 heterocycles. The molecule has 1 N–H and O–H groups in total. The summed E-state index contributed by atoms with van der Waals surface area (Å²) in [6.07, 6.45) is 4.07. The van der Waals surface area contributed by atoms with E-state index in [2.05, 4.69) is 36.5 Å². The second-order valence-electron chi connectivity index (χ2n) is 5.46. The van der Waals surface area contributed by atoms with Crippen LogP contribution in [0.15, 0.2) is 34.7 Å². The average molecular weight is 343 g/mol. The number of halogens is 2. The van der Waals surface area contributed by atoms with Crippen LogP contribution in [0.3, 0.4) is 0 Å². The van der Waals surface area contributed by atoms with Crippen molar-refractivity contribution in [3.63, 3.8) is 0 Å². The summed E-state index contributed by atoms with van der Waals surface area (Å²) in [7, 11) is 0. The van der Waals surface area contributed by atoms with Crippen LogP contribution in [0.25, 0.3) is 0 Å². The van der Waals surface area contributed by atoms with E-state index in [-0.39, 0.29) is 24.8 Å². The van der Waals surface area contributed by atoms with Crippen LogP contribution in [0, 0.1) is 0 Å². The van der Waals surface area contributed by atoms with E-state index in [1.54, 1.807) is 0 Å². The van der Waals surface area contributed by atoms with Crippen molar-refractivity contribution in [3.8, 4) is 0 Å². The third-order valence-corrected chi connectivity index (χ3v) is 4.01. The van der Waals surface area contributed by atoms with Gasteiger partial charge in [-0.1, -0.05) is 37.3 Å². The molecule has 1 aromatic heterocycles. The summed E-state index contributed by atoms with van der Waals surface area (Å²) in [6.45, 7) is 4.33. The normalized spacial score (nSPS) is 15.0. The molecule has 0 amide bonds. The number of rotatable bonds is 4. The van der Waals surface area contributed by atoms with Gasteiger partial charge in [-0.25, -0.2) is 4.98 Å². The number of benzene rings is 1. The summed E-state index contributed by atoms with van der Waals surface area (Å²) < 4.78 is 6.11. The maximum absolute atomic E-state index is 6.11. The highest BCUT2D eigenvalue weighted by molar-refractivity contribution is 5.85. The SMILES string of the molecule is CCc1nc(Cc2ccccc2)oc1C1CCNCC1.Cl.Cl. The Labute approximate surface area is 144 Å². The van der Waals surface area contributed by atoms with Gasteiger partial charge in [0.1, 0.15) is 5.76 Å². The van der Waals surface area contributed by atoms with Crippen molar-refractivity contribution < 1.29 is 4.42 Å². The Bertz CT molecular complexity index is 551. The molecule has 0 bridgehead atoms. The van der Waals surface area contributed by atoms with E-state index < -0.39 is 0 Å². The Hall–Kier alpha value is -1.03. The molecular formula is C17H24Cl2N2O. The Morgan fingerprint density at radius 2 is 1.82 bits per heavy atom. The van der Waals surface area contributed by atoms with Gasteiger partial charge in [-0.15, -0.1) is 24.8 Å². The third kappa shape index (κ3) is 4.48. The van der Waals surface area contributed by atoms with Gasteiger partial charge >= 0.3 is 0 Å². The van der Waals surface area contributed by atoms with Gasteiger partial charge < -0.3 is 9.73 Å².